The standard InChI is InChI=1S/C13H18FNS/c1-10-13(6-8-16-10)15-7-5-11-3-2-4-12(14)9-11/h2-4,9-10,13,15H,5-8H2,1H3. The molecule has 2 unspecified atom stereocenters. The molecule has 3 heteroatoms. The maximum Gasteiger partial charge on any atom is 0.123 e. The SMILES string of the molecule is CC1SCCC1NCCc1cccc(F)c1. The minimum absolute atomic E-state index is 0.137. The van der Waals surface area contributed by atoms with Gasteiger partial charge >= 0.3 is 0 Å². The molecule has 0 amide bonds. The van der Waals surface area contributed by atoms with Crippen LogP contribution < -0.4 is 5.32 Å². The summed E-state index contributed by atoms with van der Waals surface area (Å²) >= 11 is 2.03. The Labute approximate surface area is 101 Å². The summed E-state index contributed by atoms with van der Waals surface area (Å²) in [4.78, 5) is 0. The topological polar surface area (TPSA) is 12.0 Å². The van der Waals surface area contributed by atoms with Crippen LogP contribution in [0.25, 0.3) is 0 Å². The van der Waals surface area contributed by atoms with E-state index < -0.39 is 0 Å². The van der Waals surface area contributed by atoms with Gasteiger partial charge in [0.15, 0.2) is 0 Å². The molecule has 1 nitrogen and oxygen atoms in total. The van der Waals surface area contributed by atoms with Crippen LogP contribution >= 0.6 is 11.8 Å². The Morgan fingerprint density at radius 2 is 2.38 bits per heavy atom. The highest BCUT2D eigenvalue weighted by atomic mass is 32.2. The van der Waals surface area contributed by atoms with Gasteiger partial charge in [0.1, 0.15) is 5.82 Å². The van der Waals surface area contributed by atoms with E-state index in [1.165, 1.54) is 18.2 Å². The first-order valence-corrected chi connectivity index (χ1v) is 6.90. The Kier molecular flexibility index (Phi) is 4.24. The minimum atomic E-state index is -0.137. The maximum atomic E-state index is 12.9. The van der Waals surface area contributed by atoms with Gasteiger partial charge in [0.2, 0.25) is 0 Å². The quantitative estimate of drug-likeness (QED) is 0.867. The fraction of sp³-hybridized carbons (Fsp3) is 0.538. The van der Waals surface area contributed by atoms with E-state index in [1.54, 1.807) is 12.1 Å². The number of nitrogens with one attached hydrogen (secondary N) is 1. The molecular formula is C13H18FNS. The van der Waals surface area contributed by atoms with Crippen molar-refractivity contribution in [3.05, 3.63) is 35.6 Å². The number of rotatable bonds is 4. The van der Waals surface area contributed by atoms with Crippen LogP contribution in [-0.4, -0.2) is 23.6 Å². The molecule has 2 rings (SSSR count). The molecule has 1 saturated heterocycles. The molecule has 0 aliphatic carbocycles. The number of hydrogen-bond acceptors (Lipinski definition) is 2. The van der Waals surface area contributed by atoms with Gasteiger partial charge in [-0.2, -0.15) is 11.8 Å². The Morgan fingerprint density at radius 1 is 1.50 bits per heavy atom. The van der Waals surface area contributed by atoms with Crippen LogP contribution in [0.5, 0.6) is 0 Å². The van der Waals surface area contributed by atoms with Gasteiger partial charge in [0.25, 0.3) is 0 Å². The first-order valence-electron chi connectivity index (χ1n) is 5.85. The minimum Gasteiger partial charge on any atom is -0.313 e. The van der Waals surface area contributed by atoms with E-state index in [0.717, 1.165) is 18.5 Å². The van der Waals surface area contributed by atoms with Crippen molar-refractivity contribution in [3.63, 3.8) is 0 Å². The molecule has 0 radical (unpaired) electrons. The monoisotopic (exact) mass is 239 g/mol. The van der Waals surface area contributed by atoms with Crippen molar-refractivity contribution >= 4 is 11.8 Å². The highest BCUT2D eigenvalue weighted by Crippen LogP contribution is 2.25. The highest BCUT2D eigenvalue weighted by Gasteiger charge is 2.22. The average molecular weight is 239 g/mol. The zero-order valence-electron chi connectivity index (χ0n) is 9.58. The molecule has 1 aliphatic rings. The zero-order chi connectivity index (χ0) is 11.4. The molecular weight excluding hydrogens is 221 g/mol. The molecule has 1 fully saturated rings. The zero-order valence-corrected chi connectivity index (χ0v) is 10.4. The highest BCUT2D eigenvalue weighted by molar-refractivity contribution is 8.00. The molecule has 2 atom stereocenters. The van der Waals surface area contributed by atoms with E-state index in [-0.39, 0.29) is 5.82 Å². The molecule has 16 heavy (non-hydrogen) atoms. The van der Waals surface area contributed by atoms with E-state index >= 15 is 0 Å². The first kappa shape index (κ1) is 11.9. The Hall–Kier alpha value is -0.540. The van der Waals surface area contributed by atoms with Gasteiger partial charge in [0, 0.05) is 11.3 Å². The first-order chi connectivity index (χ1) is 7.75. The average Bonchev–Trinajstić information content (AvgIpc) is 2.65. The normalized spacial score (nSPS) is 24.9. The molecule has 1 aromatic carbocycles. The summed E-state index contributed by atoms with van der Waals surface area (Å²) < 4.78 is 12.9. The van der Waals surface area contributed by atoms with Gasteiger partial charge in [-0.05, 0) is 42.8 Å². The number of halogens is 1. The molecule has 0 aromatic heterocycles. The maximum absolute atomic E-state index is 12.9. The number of benzene rings is 1. The third kappa shape index (κ3) is 3.22. The molecule has 0 saturated carbocycles. The lowest BCUT2D eigenvalue weighted by Gasteiger charge is -2.16. The summed E-state index contributed by atoms with van der Waals surface area (Å²) in [7, 11) is 0. The number of hydrogen-bond donors (Lipinski definition) is 1. The molecule has 1 aromatic rings. The summed E-state index contributed by atoms with van der Waals surface area (Å²) in [6, 6.07) is 7.51. The molecule has 1 heterocycles. The summed E-state index contributed by atoms with van der Waals surface area (Å²) in [5.41, 5.74) is 1.07. The lowest BCUT2D eigenvalue weighted by atomic mass is 10.1. The second-order valence-electron chi connectivity index (χ2n) is 4.31. The summed E-state index contributed by atoms with van der Waals surface area (Å²) in [6.45, 7) is 3.22. The number of thioether (sulfide) groups is 1. The predicted octanol–water partition coefficient (Wildman–Crippen LogP) is 2.85. The van der Waals surface area contributed by atoms with Crippen LogP contribution in [0.4, 0.5) is 4.39 Å². The molecule has 88 valence electrons. The molecule has 0 spiro atoms. The van der Waals surface area contributed by atoms with Crippen molar-refractivity contribution in [2.24, 2.45) is 0 Å². The van der Waals surface area contributed by atoms with E-state index in [2.05, 4.69) is 12.2 Å². The van der Waals surface area contributed by atoms with Crippen LogP contribution in [0.3, 0.4) is 0 Å². The van der Waals surface area contributed by atoms with Crippen LogP contribution in [-0.2, 0) is 6.42 Å². The van der Waals surface area contributed by atoms with Gasteiger partial charge < -0.3 is 5.32 Å². The largest absolute Gasteiger partial charge is 0.313 e. The van der Waals surface area contributed by atoms with E-state index in [4.69, 9.17) is 0 Å². The molecule has 1 aliphatic heterocycles. The van der Waals surface area contributed by atoms with Crippen LogP contribution in [0, 0.1) is 5.82 Å². The van der Waals surface area contributed by atoms with E-state index in [1.807, 2.05) is 17.8 Å². The third-order valence-electron chi connectivity index (χ3n) is 3.09. The summed E-state index contributed by atoms with van der Waals surface area (Å²) in [5.74, 6) is 1.13. The third-order valence-corrected chi connectivity index (χ3v) is 4.41. The van der Waals surface area contributed by atoms with Crippen molar-refractivity contribution < 1.29 is 4.39 Å². The second kappa shape index (κ2) is 5.69. The Bertz CT molecular complexity index is 342. The summed E-state index contributed by atoms with van der Waals surface area (Å²) in [5, 5.41) is 4.27. The van der Waals surface area contributed by atoms with Crippen LogP contribution in [0.15, 0.2) is 24.3 Å². The van der Waals surface area contributed by atoms with Crippen molar-refractivity contribution in [1.82, 2.24) is 5.32 Å². The second-order valence-corrected chi connectivity index (χ2v) is 5.79. The predicted molar refractivity (Wildman–Crippen MR) is 68.4 cm³/mol. The van der Waals surface area contributed by atoms with Crippen LogP contribution in [0.1, 0.15) is 18.9 Å². The van der Waals surface area contributed by atoms with Gasteiger partial charge in [-0.1, -0.05) is 19.1 Å². The van der Waals surface area contributed by atoms with E-state index in [9.17, 15) is 4.39 Å². The Morgan fingerprint density at radius 3 is 3.06 bits per heavy atom. The fourth-order valence-corrected chi connectivity index (χ4v) is 3.32. The molecule has 0 bridgehead atoms. The smallest absolute Gasteiger partial charge is 0.123 e. The van der Waals surface area contributed by atoms with Gasteiger partial charge in [-0.15, -0.1) is 0 Å². The van der Waals surface area contributed by atoms with Crippen molar-refractivity contribution in [2.75, 3.05) is 12.3 Å². The van der Waals surface area contributed by atoms with Gasteiger partial charge in [-0.3, -0.25) is 0 Å². The summed E-state index contributed by atoms with van der Waals surface area (Å²) in [6.07, 6.45) is 2.17. The van der Waals surface area contributed by atoms with E-state index in [0.29, 0.717) is 11.3 Å². The van der Waals surface area contributed by atoms with Crippen molar-refractivity contribution in [2.45, 2.75) is 31.1 Å². The fourth-order valence-electron chi connectivity index (χ4n) is 2.09. The molecule has 1 N–H and O–H groups in total. The van der Waals surface area contributed by atoms with Crippen LogP contribution in [0.2, 0.25) is 0 Å². The Balaban J connectivity index is 1.75. The van der Waals surface area contributed by atoms with Crippen molar-refractivity contribution in [1.29, 1.82) is 0 Å². The van der Waals surface area contributed by atoms with Gasteiger partial charge in [-0.25, -0.2) is 4.39 Å². The van der Waals surface area contributed by atoms with Gasteiger partial charge in [0.05, 0.1) is 0 Å². The lowest BCUT2D eigenvalue weighted by Crippen LogP contribution is -2.34. The lowest BCUT2D eigenvalue weighted by molar-refractivity contribution is 0.516. The van der Waals surface area contributed by atoms with Crippen molar-refractivity contribution in [3.8, 4) is 0 Å².